The molecule has 0 aliphatic rings. The minimum Gasteiger partial charge on any atom is -0.351 e. The van der Waals surface area contributed by atoms with Crippen molar-refractivity contribution in [3.05, 3.63) is 30.1 Å². The van der Waals surface area contributed by atoms with Gasteiger partial charge in [0.05, 0.1) is 5.69 Å². The van der Waals surface area contributed by atoms with Crippen molar-refractivity contribution in [1.29, 1.82) is 0 Å². The molecule has 0 saturated heterocycles. The number of carbonyl (C=O) groups excluding carboxylic acids is 2. The van der Waals surface area contributed by atoms with E-state index in [0.717, 1.165) is 0 Å². The first-order chi connectivity index (χ1) is 6.65. The van der Waals surface area contributed by atoms with Crippen LogP contribution in [0.4, 0.5) is 10.1 Å². The smallest absolute Gasteiger partial charge is 0.313 e. The number of rotatable bonds is 1. The number of para-hydroxylation sites is 1. The molecule has 1 aromatic rings. The number of likely N-dealkylation sites (N-methyl/N-ethyl adjacent to an activating group) is 1. The molecular formula is C9H9FN2O2. The van der Waals surface area contributed by atoms with Gasteiger partial charge < -0.3 is 10.6 Å². The Morgan fingerprint density at radius 3 is 2.43 bits per heavy atom. The van der Waals surface area contributed by atoms with E-state index in [1.54, 1.807) is 6.07 Å². The van der Waals surface area contributed by atoms with Crippen molar-refractivity contribution in [3.63, 3.8) is 0 Å². The van der Waals surface area contributed by atoms with Crippen LogP contribution in [0.1, 0.15) is 0 Å². The molecule has 0 atom stereocenters. The zero-order valence-electron chi connectivity index (χ0n) is 7.50. The van der Waals surface area contributed by atoms with Gasteiger partial charge in [0, 0.05) is 7.05 Å². The summed E-state index contributed by atoms with van der Waals surface area (Å²) in [5, 5.41) is 4.27. The highest BCUT2D eigenvalue weighted by Gasteiger charge is 2.12. The van der Waals surface area contributed by atoms with Crippen LogP contribution in [-0.2, 0) is 9.59 Å². The number of hydrogen-bond donors (Lipinski definition) is 2. The van der Waals surface area contributed by atoms with Crippen LogP contribution in [-0.4, -0.2) is 18.9 Å². The van der Waals surface area contributed by atoms with Gasteiger partial charge in [-0.1, -0.05) is 12.1 Å². The first kappa shape index (κ1) is 10.2. The molecule has 0 spiro atoms. The minimum absolute atomic E-state index is 0.0129. The number of benzene rings is 1. The molecule has 4 nitrogen and oxygen atoms in total. The number of amides is 2. The van der Waals surface area contributed by atoms with Gasteiger partial charge in [0.25, 0.3) is 0 Å². The van der Waals surface area contributed by atoms with Crippen LogP contribution < -0.4 is 10.6 Å². The summed E-state index contributed by atoms with van der Waals surface area (Å²) in [5.74, 6) is -2.28. The molecule has 0 fully saturated rings. The molecule has 0 heterocycles. The van der Waals surface area contributed by atoms with Crippen molar-refractivity contribution in [2.75, 3.05) is 12.4 Å². The highest BCUT2D eigenvalue weighted by Crippen LogP contribution is 2.11. The fraction of sp³-hybridized carbons (Fsp3) is 0.111. The molecule has 0 aliphatic carbocycles. The Labute approximate surface area is 80.1 Å². The van der Waals surface area contributed by atoms with Gasteiger partial charge in [0.1, 0.15) is 5.82 Å². The van der Waals surface area contributed by atoms with Crippen molar-refractivity contribution >= 4 is 17.5 Å². The molecule has 1 rings (SSSR count). The molecule has 0 bridgehead atoms. The van der Waals surface area contributed by atoms with E-state index in [1.807, 2.05) is 0 Å². The second-order valence-corrected chi connectivity index (χ2v) is 2.51. The van der Waals surface area contributed by atoms with E-state index in [9.17, 15) is 14.0 Å². The zero-order valence-corrected chi connectivity index (χ0v) is 7.50. The summed E-state index contributed by atoms with van der Waals surface area (Å²) in [5.41, 5.74) is -0.0129. The van der Waals surface area contributed by atoms with Crippen LogP contribution in [0.25, 0.3) is 0 Å². The number of nitrogens with one attached hydrogen (secondary N) is 2. The fourth-order valence-corrected chi connectivity index (χ4v) is 0.855. The number of hydrogen-bond acceptors (Lipinski definition) is 2. The van der Waals surface area contributed by atoms with E-state index in [1.165, 1.54) is 25.2 Å². The quantitative estimate of drug-likeness (QED) is 0.643. The molecule has 14 heavy (non-hydrogen) atoms. The number of halogens is 1. The SMILES string of the molecule is CNC(=O)C(=O)Nc1ccccc1F. The second-order valence-electron chi connectivity index (χ2n) is 2.51. The third-order valence-electron chi connectivity index (χ3n) is 1.56. The van der Waals surface area contributed by atoms with Crippen LogP contribution in [0.3, 0.4) is 0 Å². The Kier molecular flexibility index (Phi) is 3.17. The van der Waals surface area contributed by atoms with Crippen molar-refractivity contribution in [3.8, 4) is 0 Å². The van der Waals surface area contributed by atoms with Gasteiger partial charge in [-0.25, -0.2) is 4.39 Å². The van der Waals surface area contributed by atoms with E-state index in [-0.39, 0.29) is 5.69 Å². The van der Waals surface area contributed by atoms with E-state index in [2.05, 4.69) is 10.6 Å². The Morgan fingerprint density at radius 2 is 1.86 bits per heavy atom. The normalized spacial score (nSPS) is 9.29. The van der Waals surface area contributed by atoms with Crippen molar-refractivity contribution in [2.45, 2.75) is 0 Å². The standard InChI is InChI=1S/C9H9FN2O2/c1-11-8(13)9(14)12-7-5-3-2-4-6(7)10/h2-5H,1H3,(H,11,13)(H,12,14). The van der Waals surface area contributed by atoms with Gasteiger partial charge in [-0.15, -0.1) is 0 Å². The highest BCUT2D eigenvalue weighted by atomic mass is 19.1. The lowest BCUT2D eigenvalue weighted by Crippen LogP contribution is -2.32. The van der Waals surface area contributed by atoms with Crippen LogP contribution in [0.5, 0.6) is 0 Å². The Bertz CT molecular complexity index is 366. The number of anilines is 1. The lowest BCUT2D eigenvalue weighted by molar-refractivity contribution is -0.135. The van der Waals surface area contributed by atoms with Crippen LogP contribution >= 0.6 is 0 Å². The molecule has 0 aliphatic heterocycles. The molecule has 0 radical (unpaired) electrons. The Hall–Kier alpha value is -1.91. The molecule has 0 saturated carbocycles. The summed E-state index contributed by atoms with van der Waals surface area (Å²) < 4.78 is 13.0. The summed E-state index contributed by atoms with van der Waals surface area (Å²) >= 11 is 0. The fourth-order valence-electron chi connectivity index (χ4n) is 0.855. The third kappa shape index (κ3) is 2.29. The van der Waals surface area contributed by atoms with Gasteiger partial charge in [-0.2, -0.15) is 0 Å². The summed E-state index contributed by atoms with van der Waals surface area (Å²) in [6.07, 6.45) is 0. The highest BCUT2D eigenvalue weighted by molar-refractivity contribution is 6.39. The third-order valence-corrected chi connectivity index (χ3v) is 1.56. The molecule has 2 amide bonds. The Balaban J connectivity index is 2.75. The maximum atomic E-state index is 13.0. The molecule has 74 valence electrons. The molecule has 5 heteroatoms. The molecule has 0 aromatic heterocycles. The minimum atomic E-state index is -0.891. The van der Waals surface area contributed by atoms with Crippen LogP contribution in [0.15, 0.2) is 24.3 Å². The summed E-state index contributed by atoms with van der Waals surface area (Å²) in [7, 11) is 1.32. The zero-order chi connectivity index (χ0) is 10.6. The van der Waals surface area contributed by atoms with Gasteiger partial charge in [0.2, 0.25) is 0 Å². The maximum Gasteiger partial charge on any atom is 0.313 e. The lowest BCUT2D eigenvalue weighted by atomic mass is 10.3. The van der Waals surface area contributed by atoms with E-state index in [0.29, 0.717) is 0 Å². The summed E-state index contributed by atoms with van der Waals surface area (Å²) in [6, 6.07) is 5.61. The van der Waals surface area contributed by atoms with Crippen molar-refractivity contribution in [1.82, 2.24) is 5.32 Å². The lowest BCUT2D eigenvalue weighted by Gasteiger charge is -2.04. The van der Waals surface area contributed by atoms with Gasteiger partial charge in [-0.05, 0) is 12.1 Å². The summed E-state index contributed by atoms with van der Waals surface area (Å²) in [4.78, 5) is 21.8. The predicted molar refractivity (Wildman–Crippen MR) is 49.1 cm³/mol. The van der Waals surface area contributed by atoms with Crippen molar-refractivity contribution in [2.24, 2.45) is 0 Å². The van der Waals surface area contributed by atoms with Crippen LogP contribution in [0.2, 0.25) is 0 Å². The van der Waals surface area contributed by atoms with Crippen molar-refractivity contribution < 1.29 is 14.0 Å². The first-order valence-electron chi connectivity index (χ1n) is 3.92. The van der Waals surface area contributed by atoms with E-state index >= 15 is 0 Å². The molecule has 1 aromatic carbocycles. The van der Waals surface area contributed by atoms with E-state index < -0.39 is 17.6 Å². The topological polar surface area (TPSA) is 58.2 Å². The van der Waals surface area contributed by atoms with Crippen LogP contribution in [0, 0.1) is 5.82 Å². The predicted octanol–water partition coefficient (Wildman–Crippen LogP) is 0.510. The average Bonchev–Trinajstić information content (AvgIpc) is 2.20. The Morgan fingerprint density at radius 1 is 1.21 bits per heavy atom. The number of carbonyl (C=O) groups is 2. The molecule has 2 N–H and O–H groups in total. The molecule has 0 unspecified atom stereocenters. The monoisotopic (exact) mass is 196 g/mol. The largest absolute Gasteiger partial charge is 0.351 e. The van der Waals surface area contributed by atoms with E-state index in [4.69, 9.17) is 0 Å². The second kappa shape index (κ2) is 4.36. The average molecular weight is 196 g/mol. The van der Waals surface area contributed by atoms with Gasteiger partial charge in [-0.3, -0.25) is 9.59 Å². The maximum absolute atomic E-state index is 13.0. The molecular weight excluding hydrogens is 187 g/mol. The van der Waals surface area contributed by atoms with Gasteiger partial charge in [0.15, 0.2) is 0 Å². The van der Waals surface area contributed by atoms with Gasteiger partial charge >= 0.3 is 11.8 Å². The first-order valence-corrected chi connectivity index (χ1v) is 3.92. The summed E-state index contributed by atoms with van der Waals surface area (Å²) in [6.45, 7) is 0.